The monoisotopic (exact) mass is 468 g/mol. The van der Waals surface area contributed by atoms with E-state index in [0.29, 0.717) is 37.2 Å². The van der Waals surface area contributed by atoms with Gasteiger partial charge in [0.25, 0.3) is 0 Å². The van der Waals surface area contributed by atoms with Crippen LogP contribution in [0.15, 0.2) is 48.5 Å². The van der Waals surface area contributed by atoms with Crippen LogP contribution < -0.4 is 9.47 Å². The van der Waals surface area contributed by atoms with Crippen LogP contribution in [0.3, 0.4) is 0 Å². The fourth-order valence-corrected chi connectivity index (χ4v) is 3.64. The molecule has 180 valence electrons. The Hall–Kier alpha value is -3.68. The average Bonchev–Trinajstić information content (AvgIpc) is 2.83. The number of carbonyl (C=O) groups excluding carboxylic acids is 4. The highest BCUT2D eigenvalue weighted by Gasteiger charge is 2.32. The third kappa shape index (κ3) is 7.72. The van der Waals surface area contributed by atoms with Crippen LogP contribution in [-0.4, -0.2) is 23.9 Å². The minimum absolute atomic E-state index is 0.169. The molecule has 0 heterocycles. The minimum Gasteiger partial charge on any atom is -0.461 e. The van der Waals surface area contributed by atoms with Gasteiger partial charge in [-0.05, 0) is 61.1 Å². The molecule has 1 aliphatic carbocycles. The first-order chi connectivity index (χ1) is 16.3. The van der Waals surface area contributed by atoms with Crippen molar-refractivity contribution in [2.45, 2.75) is 52.7 Å². The molecule has 0 atom stereocenters. The summed E-state index contributed by atoms with van der Waals surface area (Å²) in [6.07, 6.45) is 2.18. The summed E-state index contributed by atoms with van der Waals surface area (Å²) in [6.45, 7) is 3.03. The molecule has 34 heavy (non-hydrogen) atoms. The van der Waals surface area contributed by atoms with Crippen molar-refractivity contribution in [1.82, 2.24) is 0 Å². The van der Waals surface area contributed by atoms with Gasteiger partial charge in [-0.15, -0.1) is 0 Å². The number of ether oxygens (including phenoxy) is 4. The molecule has 0 spiro atoms. The Kier molecular flexibility index (Phi) is 8.79. The van der Waals surface area contributed by atoms with Gasteiger partial charge in [-0.25, -0.2) is 0 Å². The summed E-state index contributed by atoms with van der Waals surface area (Å²) in [6, 6.07) is 13.6. The summed E-state index contributed by atoms with van der Waals surface area (Å²) in [5.74, 6) is -1.04. The predicted octanol–water partition coefficient (Wildman–Crippen LogP) is 4.13. The molecule has 0 radical (unpaired) electrons. The highest BCUT2D eigenvalue weighted by atomic mass is 16.5. The fraction of sp³-hybridized carbons (Fsp3) is 0.385. The van der Waals surface area contributed by atoms with Gasteiger partial charge in [-0.1, -0.05) is 24.3 Å². The fourth-order valence-electron chi connectivity index (χ4n) is 3.64. The molecule has 8 heteroatoms. The minimum atomic E-state index is -0.357. The van der Waals surface area contributed by atoms with E-state index >= 15 is 0 Å². The molecular weight excluding hydrogens is 440 g/mol. The van der Waals surface area contributed by atoms with E-state index in [4.69, 9.17) is 18.9 Å². The van der Waals surface area contributed by atoms with Gasteiger partial charge in [0.05, 0.1) is 11.8 Å². The maximum Gasteiger partial charge on any atom is 0.314 e. The number of hydrogen-bond donors (Lipinski definition) is 0. The van der Waals surface area contributed by atoms with E-state index in [1.807, 2.05) is 0 Å². The van der Waals surface area contributed by atoms with Gasteiger partial charge in [0, 0.05) is 13.8 Å². The van der Waals surface area contributed by atoms with E-state index < -0.39 is 0 Å². The summed E-state index contributed by atoms with van der Waals surface area (Å²) in [5.41, 5.74) is 1.60. The van der Waals surface area contributed by atoms with Gasteiger partial charge in [-0.3, -0.25) is 19.2 Å². The Morgan fingerprint density at radius 1 is 0.618 bits per heavy atom. The lowest BCUT2D eigenvalue weighted by atomic mass is 9.82. The molecule has 1 saturated carbocycles. The molecule has 0 unspecified atom stereocenters. The number of benzene rings is 2. The third-order valence-electron chi connectivity index (χ3n) is 5.56. The number of hydrogen-bond acceptors (Lipinski definition) is 8. The average molecular weight is 469 g/mol. The Labute approximate surface area is 198 Å². The van der Waals surface area contributed by atoms with E-state index in [1.54, 1.807) is 48.5 Å². The molecule has 1 fully saturated rings. The van der Waals surface area contributed by atoms with Gasteiger partial charge in [-0.2, -0.15) is 0 Å². The highest BCUT2D eigenvalue weighted by molar-refractivity contribution is 5.77. The summed E-state index contributed by atoms with van der Waals surface area (Å²) in [7, 11) is 0. The quantitative estimate of drug-likeness (QED) is 0.421. The van der Waals surface area contributed by atoms with E-state index in [-0.39, 0.29) is 48.9 Å². The predicted molar refractivity (Wildman–Crippen MR) is 121 cm³/mol. The number of esters is 4. The van der Waals surface area contributed by atoms with Gasteiger partial charge >= 0.3 is 23.9 Å². The summed E-state index contributed by atoms with van der Waals surface area (Å²) < 4.78 is 20.8. The Bertz CT molecular complexity index is 919. The third-order valence-corrected chi connectivity index (χ3v) is 5.56. The molecule has 2 aromatic rings. The highest BCUT2D eigenvalue weighted by Crippen LogP contribution is 2.31. The number of rotatable bonds is 8. The SMILES string of the molecule is CC(=O)OCc1ccc(OC(=O)C2CCC(C(=O)Oc3ccc(COC(C)=O)cc3)CC2)cc1. The molecule has 0 amide bonds. The van der Waals surface area contributed by atoms with Gasteiger partial charge in [0.2, 0.25) is 0 Å². The Balaban J connectivity index is 1.42. The van der Waals surface area contributed by atoms with Crippen LogP contribution in [0.5, 0.6) is 11.5 Å². The van der Waals surface area contributed by atoms with Crippen molar-refractivity contribution in [2.75, 3.05) is 0 Å². The second-order valence-corrected chi connectivity index (χ2v) is 8.24. The molecule has 0 aromatic heterocycles. The Morgan fingerprint density at radius 3 is 1.24 bits per heavy atom. The molecule has 8 nitrogen and oxygen atoms in total. The van der Waals surface area contributed by atoms with Crippen LogP contribution in [0.2, 0.25) is 0 Å². The van der Waals surface area contributed by atoms with Crippen molar-refractivity contribution in [3.8, 4) is 11.5 Å². The van der Waals surface area contributed by atoms with Crippen LogP contribution in [0.4, 0.5) is 0 Å². The summed E-state index contributed by atoms with van der Waals surface area (Å²) >= 11 is 0. The molecule has 0 bridgehead atoms. The zero-order valence-electron chi connectivity index (χ0n) is 19.3. The van der Waals surface area contributed by atoms with E-state index in [9.17, 15) is 19.2 Å². The van der Waals surface area contributed by atoms with Gasteiger partial charge in [0.15, 0.2) is 0 Å². The van der Waals surface area contributed by atoms with Crippen molar-refractivity contribution in [3.63, 3.8) is 0 Å². The zero-order valence-corrected chi connectivity index (χ0v) is 19.3. The number of carbonyl (C=O) groups is 4. The largest absolute Gasteiger partial charge is 0.461 e. The Morgan fingerprint density at radius 2 is 0.941 bits per heavy atom. The molecule has 2 aromatic carbocycles. The zero-order chi connectivity index (χ0) is 24.5. The maximum absolute atomic E-state index is 12.5. The smallest absolute Gasteiger partial charge is 0.314 e. The lowest BCUT2D eigenvalue weighted by molar-refractivity contribution is -0.145. The molecule has 0 aliphatic heterocycles. The first-order valence-electron chi connectivity index (χ1n) is 11.2. The van der Waals surface area contributed by atoms with Crippen LogP contribution in [0.1, 0.15) is 50.7 Å². The van der Waals surface area contributed by atoms with Crippen molar-refractivity contribution in [3.05, 3.63) is 59.7 Å². The maximum atomic E-state index is 12.5. The van der Waals surface area contributed by atoms with Crippen LogP contribution >= 0.6 is 0 Å². The van der Waals surface area contributed by atoms with Crippen LogP contribution in [0.25, 0.3) is 0 Å². The standard InChI is InChI=1S/C26H28O8/c1-17(27)31-15-19-3-11-23(12-4-19)33-25(29)21-7-9-22(10-8-21)26(30)34-24-13-5-20(6-14-24)16-32-18(2)28/h3-6,11-14,21-22H,7-10,15-16H2,1-2H3. The van der Waals surface area contributed by atoms with Crippen LogP contribution in [0, 0.1) is 11.8 Å². The molecule has 3 rings (SSSR count). The van der Waals surface area contributed by atoms with E-state index in [1.165, 1.54) is 13.8 Å². The second kappa shape index (κ2) is 12.0. The second-order valence-electron chi connectivity index (χ2n) is 8.24. The first-order valence-corrected chi connectivity index (χ1v) is 11.2. The van der Waals surface area contributed by atoms with Crippen molar-refractivity contribution in [2.24, 2.45) is 11.8 Å². The lowest BCUT2D eigenvalue weighted by Crippen LogP contribution is -2.30. The van der Waals surface area contributed by atoms with Gasteiger partial charge < -0.3 is 18.9 Å². The normalized spacial score (nSPS) is 17.4. The summed E-state index contributed by atoms with van der Waals surface area (Å²) in [4.78, 5) is 46.8. The van der Waals surface area contributed by atoms with Crippen molar-refractivity contribution < 1.29 is 38.1 Å². The summed E-state index contributed by atoms with van der Waals surface area (Å²) in [5, 5.41) is 0. The molecule has 0 saturated heterocycles. The molecule has 1 aliphatic rings. The van der Waals surface area contributed by atoms with Crippen LogP contribution in [-0.2, 0) is 41.9 Å². The molecule has 0 N–H and O–H groups in total. The lowest BCUT2D eigenvalue weighted by Gasteiger charge is -2.25. The van der Waals surface area contributed by atoms with Crippen molar-refractivity contribution in [1.29, 1.82) is 0 Å². The topological polar surface area (TPSA) is 105 Å². The van der Waals surface area contributed by atoms with E-state index in [2.05, 4.69) is 0 Å². The van der Waals surface area contributed by atoms with E-state index in [0.717, 1.165) is 11.1 Å². The molecular formula is C26H28O8. The first kappa shape index (κ1) is 25.0. The van der Waals surface area contributed by atoms with Crippen molar-refractivity contribution >= 4 is 23.9 Å². The van der Waals surface area contributed by atoms with Gasteiger partial charge in [0.1, 0.15) is 24.7 Å².